The average molecular weight is 290 g/mol. The first-order chi connectivity index (χ1) is 9.67. The summed E-state index contributed by atoms with van der Waals surface area (Å²) < 4.78 is 0. The Morgan fingerprint density at radius 1 is 1.30 bits per heavy atom. The fraction of sp³-hybridized carbons (Fsp3) is 0.438. The van der Waals surface area contributed by atoms with Gasteiger partial charge >= 0.3 is 0 Å². The third-order valence-corrected chi connectivity index (χ3v) is 4.36. The maximum absolute atomic E-state index is 9.50. The molecular formula is C16H22N2OS. The molecule has 2 N–H and O–H groups in total. The standard InChI is InChI=1S/C16H22N2OS/c1-3-9-16(2,12-19)17-10-14-11-20-15(18-14)13-7-5-4-6-8-13/h4-8,11,17,19H,3,9-10,12H2,1-2H3. The number of nitrogens with zero attached hydrogens (tertiary/aromatic N) is 1. The molecule has 0 amide bonds. The Morgan fingerprint density at radius 2 is 2.05 bits per heavy atom. The van der Waals surface area contributed by atoms with Crippen LogP contribution in [0, 0.1) is 0 Å². The van der Waals surface area contributed by atoms with Gasteiger partial charge in [-0.15, -0.1) is 11.3 Å². The number of aliphatic hydroxyl groups excluding tert-OH is 1. The highest BCUT2D eigenvalue weighted by Gasteiger charge is 2.21. The van der Waals surface area contributed by atoms with Crippen molar-refractivity contribution in [2.24, 2.45) is 0 Å². The van der Waals surface area contributed by atoms with Gasteiger partial charge in [-0.05, 0) is 13.3 Å². The molecule has 0 fully saturated rings. The van der Waals surface area contributed by atoms with Crippen LogP contribution in [-0.2, 0) is 6.54 Å². The molecule has 4 heteroatoms. The number of aliphatic hydroxyl groups is 1. The summed E-state index contributed by atoms with van der Waals surface area (Å²) in [6.07, 6.45) is 2.01. The quantitative estimate of drug-likeness (QED) is 0.821. The maximum Gasteiger partial charge on any atom is 0.123 e. The highest BCUT2D eigenvalue weighted by molar-refractivity contribution is 7.13. The fourth-order valence-electron chi connectivity index (χ4n) is 2.18. The topological polar surface area (TPSA) is 45.1 Å². The molecule has 1 aromatic heterocycles. The van der Waals surface area contributed by atoms with Gasteiger partial charge in [0.1, 0.15) is 5.01 Å². The minimum atomic E-state index is -0.217. The van der Waals surface area contributed by atoms with Gasteiger partial charge in [-0.25, -0.2) is 4.98 Å². The normalized spacial score (nSPS) is 14.2. The average Bonchev–Trinajstić information content (AvgIpc) is 2.95. The van der Waals surface area contributed by atoms with Crippen LogP contribution in [0.25, 0.3) is 10.6 Å². The Morgan fingerprint density at radius 3 is 2.70 bits per heavy atom. The molecule has 0 radical (unpaired) electrons. The molecule has 1 unspecified atom stereocenters. The van der Waals surface area contributed by atoms with Crippen molar-refractivity contribution >= 4 is 11.3 Å². The van der Waals surface area contributed by atoms with Crippen molar-refractivity contribution < 1.29 is 5.11 Å². The van der Waals surface area contributed by atoms with Crippen molar-refractivity contribution in [3.05, 3.63) is 41.4 Å². The van der Waals surface area contributed by atoms with Crippen molar-refractivity contribution in [2.45, 2.75) is 38.8 Å². The molecule has 1 heterocycles. The van der Waals surface area contributed by atoms with Crippen molar-refractivity contribution in [1.82, 2.24) is 10.3 Å². The lowest BCUT2D eigenvalue weighted by atomic mass is 9.97. The number of hydrogen-bond donors (Lipinski definition) is 2. The van der Waals surface area contributed by atoms with Gasteiger partial charge in [0.15, 0.2) is 0 Å². The molecule has 2 rings (SSSR count). The number of nitrogens with one attached hydrogen (secondary N) is 1. The zero-order valence-electron chi connectivity index (χ0n) is 12.1. The first-order valence-corrected chi connectivity index (χ1v) is 7.90. The second-order valence-electron chi connectivity index (χ2n) is 5.33. The summed E-state index contributed by atoms with van der Waals surface area (Å²) in [5.74, 6) is 0. The maximum atomic E-state index is 9.50. The Bertz CT molecular complexity index is 526. The molecule has 108 valence electrons. The van der Waals surface area contributed by atoms with E-state index in [2.05, 4.69) is 41.7 Å². The Hall–Kier alpha value is -1.23. The van der Waals surface area contributed by atoms with Gasteiger partial charge in [-0.3, -0.25) is 0 Å². The summed E-state index contributed by atoms with van der Waals surface area (Å²) in [6, 6.07) is 10.2. The Balaban J connectivity index is 2.00. The van der Waals surface area contributed by atoms with Crippen molar-refractivity contribution in [3.8, 4) is 10.6 Å². The summed E-state index contributed by atoms with van der Waals surface area (Å²) in [6.45, 7) is 5.03. The third kappa shape index (κ3) is 3.88. The van der Waals surface area contributed by atoms with Crippen LogP contribution < -0.4 is 5.32 Å². The van der Waals surface area contributed by atoms with E-state index in [1.165, 1.54) is 0 Å². The van der Waals surface area contributed by atoms with Gasteiger partial charge in [0.2, 0.25) is 0 Å². The van der Waals surface area contributed by atoms with Crippen LogP contribution in [0.1, 0.15) is 32.4 Å². The smallest absolute Gasteiger partial charge is 0.123 e. The van der Waals surface area contributed by atoms with Crippen molar-refractivity contribution in [3.63, 3.8) is 0 Å². The zero-order valence-corrected chi connectivity index (χ0v) is 12.9. The summed E-state index contributed by atoms with van der Waals surface area (Å²) >= 11 is 1.66. The molecule has 1 atom stereocenters. The van der Waals surface area contributed by atoms with E-state index in [-0.39, 0.29) is 12.1 Å². The molecule has 2 aromatic rings. The highest BCUT2D eigenvalue weighted by Crippen LogP contribution is 2.23. The Labute approximate surface area is 124 Å². The molecule has 0 spiro atoms. The molecule has 1 aromatic carbocycles. The number of rotatable bonds is 7. The second-order valence-corrected chi connectivity index (χ2v) is 6.19. The van der Waals surface area contributed by atoms with E-state index >= 15 is 0 Å². The van der Waals surface area contributed by atoms with Gasteiger partial charge in [-0.2, -0.15) is 0 Å². The van der Waals surface area contributed by atoms with Gasteiger partial charge < -0.3 is 10.4 Å². The summed E-state index contributed by atoms with van der Waals surface area (Å²) in [5, 5.41) is 16.0. The van der Waals surface area contributed by atoms with Crippen LogP contribution in [-0.4, -0.2) is 22.2 Å². The molecule has 0 saturated heterocycles. The van der Waals surface area contributed by atoms with Crippen LogP contribution in [0.5, 0.6) is 0 Å². The Kier molecular flexibility index (Phi) is 5.29. The van der Waals surface area contributed by atoms with E-state index in [0.29, 0.717) is 6.54 Å². The number of benzene rings is 1. The van der Waals surface area contributed by atoms with Crippen LogP contribution in [0.2, 0.25) is 0 Å². The van der Waals surface area contributed by atoms with Gasteiger partial charge in [0.25, 0.3) is 0 Å². The van der Waals surface area contributed by atoms with E-state index in [1.54, 1.807) is 11.3 Å². The van der Waals surface area contributed by atoms with Crippen LogP contribution >= 0.6 is 11.3 Å². The predicted molar refractivity (Wildman–Crippen MR) is 84.8 cm³/mol. The zero-order chi connectivity index (χ0) is 14.4. The number of hydrogen-bond acceptors (Lipinski definition) is 4. The van der Waals surface area contributed by atoms with Crippen LogP contribution in [0.3, 0.4) is 0 Å². The minimum absolute atomic E-state index is 0.149. The van der Waals surface area contributed by atoms with Crippen molar-refractivity contribution in [1.29, 1.82) is 0 Å². The molecule has 20 heavy (non-hydrogen) atoms. The third-order valence-electron chi connectivity index (χ3n) is 3.42. The fourth-order valence-corrected chi connectivity index (χ4v) is 3.01. The predicted octanol–water partition coefficient (Wildman–Crippen LogP) is 3.45. The van der Waals surface area contributed by atoms with E-state index in [9.17, 15) is 5.11 Å². The largest absolute Gasteiger partial charge is 0.394 e. The van der Waals surface area contributed by atoms with E-state index in [0.717, 1.165) is 29.1 Å². The summed E-state index contributed by atoms with van der Waals surface area (Å²) in [5.41, 5.74) is 1.97. The molecule has 0 saturated carbocycles. The molecule has 0 aliphatic heterocycles. The lowest BCUT2D eigenvalue weighted by Crippen LogP contribution is -2.45. The molecule has 0 aliphatic carbocycles. The number of aromatic nitrogens is 1. The van der Waals surface area contributed by atoms with Crippen LogP contribution in [0.4, 0.5) is 0 Å². The minimum Gasteiger partial charge on any atom is -0.394 e. The summed E-state index contributed by atoms with van der Waals surface area (Å²) in [4.78, 5) is 4.65. The molecular weight excluding hydrogens is 268 g/mol. The summed E-state index contributed by atoms with van der Waals surface area (Å²) in [7, 11) is 0. The van der Waals surface area contributed by atoms with Gasteiger partial charge in [0.05, 0.1) is 12.3 Å². The highest BCUT2D eigenvalue weighted by atomic mass is 32.1. The van der Waals surface area contributed by atoms with E-state index < -0.39 is 0 Å². The first kappa shape index (κ1) is 15.2. The van der Waals surface area contributed by atoms with Crippen molar-refractivity contribution in [2.75, 3.05) is 6.61 Å². The first-order valence-electron chi connectivity index (χ1n) is 7.02. The van der Waals surface area contributed by atoms with E-state index in [4.69, 9.17) is 0 Å². The molecule has 3 nitrogen and oxygen atoms in total. The SMILES string of the molecule is CCCC(C)(CO)NCc1csc(-c2ccccc2)n1. The van der Waals surface area contributed by atoms with Crippen LogP contribution in [0.15, 0.2) is 35.7 Å². The molecule has 0 bridgehead atoms. The number of thiazole rings is 1. The second kappa shape index (κ2) is 6.97. The van der Waals surface area contributed by atoms with E-state index in [1.807, 2.05) is 18.2 Å². The van der Waals surface area contributed by atoms with Gasteiger partial charge in [-0.1, -0.05) is 43.7 Å². The molecule has 0 aliphatic rings. The lowest BCUT2D eigenvalue weighted by molar-refractivity contribution is 0.163. The lowest BCUT2D eigenvalue weighted by Gasteiger charge is -2.28. The monoisotopic (exact) mass is 290 g/mol. The van der Waals surface area contributed by atoms with Gasteiger partial charge in [0, 0.05) is 23.0 Å².